The van der Waals surface area contributed by atoms with Gasteiger partial charge in [0.15, 0.2) is 0 Å². The average Bonchev–Trinajstić information content (AvgIpc) is 2.07. The molecule has 1 aliphatic carbocycles. The highest BCUT2D eigenvalue weighted by Crippen LogP contribution is 2.33. The molecule has 12 heavy (non-hydrogen) atoms. The fraction of sp³-hybridized carbons (Fsp3) is 1.00. The van der Waals surface area contributed by atoms with E-state index in [-0.39, 0.29) is 0 Å². The van der Waals surface area contributed by atoms with Crippen molar-refractivity contribution in [2.75, 3.05) is 6.61 Å². The summed E-state index contributed by atoms with van der Waals surface area (Å²) in [5.41, 5.74) is 2.24. The van der Waals surface area contributed by atoms with Gasteiger partial charge >= 0.3 is 0 Å². The van der Waals surface area contributed by atoms with Crippen LogP contribution in [0.5, 0.6) is 0 Å². The molecule has 0 heterocycles. The fourth-order valence-electron chi connectivity index (χ4n) is 1.98. The first-order valence-electron chi connectivity index (χ1n) is 4.81. The minimum Gasteiger partial charge on any atom is -0.287 e. The second-order valence-corrected chi connectivity index (χ2v) is 4.06. The van der Waals surface area contributed by atoms with Crippen molar-refractivity contribution in [2.45, 2.75) is 33.1 Å². The van der Waals surface area contributed by atoms with Crippen LogP contribution in [0.1, 0.15) is 33.1 Å². The molecule has 3 atom stereocenters. The van der Waals surface area contributed by atoms with Crippen LogP contribution in [-0.4, -0.2) is 6.61 Å². The number of nitrogens with one attached hydrogen (secondary N) is 1. The van der Waals surface area contributed by atoms with E-state index in [2.05, 4.69) is 19.4 Å². The van der Waals surface area contributed by atoms with Crippen LogP contribution >= 0.6 is 0 Å². The maximum atomic E-state index is 5.04. The summed E-state index contributed by atoms with van der Waals surface area (Å²) in [5.74, 6) is 7.46. The maximum absolute atomic E-state index is 5.04. The van der Waals surface area contributed by atoms with Crippen LogP contribution in [0.2, 0.25) is 0 Å². The Bertz CT molecular complexity index is 128. The van der Waals surface area contributed by atoms with Gasteiger partial charge in [-0.05, 0) is 30.6 Å². The Hall–Kier alpha value is -0.120. The zero-order valence-electron chi connectivity index (χ0n) is 8.05. The monoisotopic (exact) mass is 172 g/mol. The van der Waals surface area contributed by atoms with Crippen molar-refractivity contribution >= 4 is 0 Å². The lowest BCUT2D eigenvalue weighted by Crippen LogP contribution is -2.29. The second-order valence-electron chi connectivity index (χ2n) is 4.06. The van der Waals surface area contributed by atoms with Gasteiger partial charge in [-0.15, -0.1) is 5.59 Å². The number of hydrogen-bond acceptors (Lipinski definition) is 3. The van der Waals surface area contributed by atoms with Crippen LogP contribution in [0, 0.1) is 17.8 Å². The summed E-state index contributed by atoms with van der Waals surface area (Å²) >= 11 is 0. The predicted molar refractivity (Wildman–Crippen MR) is 48.9 cm³/mol. The third kappa shape index (κ3) is 2.73. The Labute approximate surface area is 74.6 Å². The summed E-state index contributed by atoms with van der Waals surface area (Å²) < 4.78 is 0. The molecule has 1 rings (SSSR count). The average molecular weight is 172 g/mol. The van der Waals surface area contributed by atoms with Gasteiger partial charge in [0.05, 0.1) is 6.61 Å². The van der Waals surface area contributed by atoms with E-state index in [1.807, 2.05) is 0 Å². The maximum Gasteiger partial charge on any atom is 0.0726 e. The molecule has 3 unspecified atom stereocenters. The lowest BCUT2D eigenvalue weighted by Gasteiger charge is -2.31. The van der Waals surface area contributed by atoms with Gasteiger partial charge in [-0.1, -0.05) is 20.3 Å². The summed E-state index contributed by atoms with van der Waals surface area (Å²) in [6.45, 7) is 5.42. The smallest absolute Gasteiger partial charge is 0.0726 e. The molecule has 1 saturated carbocycles. The molecule has 0 spiro atoms. The van der Waals surface area contributed by atoms with Crippen LogP contribution in [0.25, 0.3) is 0 Å². The molecular formula is C9H20N2O. The summed E-state index contributed by atoms with van der Waals surface area (Å²) in [7, 11) is 0. The topological polar surface area (TPSA) is 47.3 Å². The summed E-state index contributed by atoms with van der Waals surface area (Å²) in [6.07, 6.45) is 3.90. The molecule has 0 aromatic heterocycles. The minimum absolute atomic E-state index is 0.701. The highest BCUT2D eigenvalue weighted by atomic mass is 16.7. The van der Waals surface area contributed by atoms with Crippen molar-refractivity contribution in [1.82, 2.24) is 5.59 Å². The Morgan fingerprint density at radius 2 is 2.08 bits per heavy atom. The first-order valence-corrected chi connectivity index (χ1v) is 4.81. The molecule has 3 nitrogen and oxygen atoms in total. The fourth-order valence-corrected chi connectivity index (χ4v) is 1.98. The van der Waals surface area contributed by atoms with Crippen molar-refractivity contribution in [3.63, 3.8) is 0 Å². The number of hydrazine groups is 1. The molecule has 1 aliphatic rings. The summed E-state index contributed by atoms with van der Waals surface area (Å²) in [4.78, 5) is 4.98. The van der Waals surface area contributed by atoms with E-state index in [0.717, 1.165) is 18.4 Å². The zero-order chi connectivity index (χ0) is 8.97. The molecule has 1 fully saturated rings. The van der Waals surface area contributed by atoms with E-state index >= 15 is 0 Å². The van der Waals surface area contributed by atoms with Gasteiger partial charge in [0, 0.05) is 0 Å². The largest absolute Gasteiger partial charge is 0.287 e. The molecule has 72 valence electrons. The molecule has 0 aromatic carbocycles. The molecular weight excluding hydrogens is 152 g/mol. The van der Waals surface area contributed by atoms with E-state index in [1.54, 1.807) is 0 Å². The molecule has 0 amide bonds. The quantitative estimate of drug-likeness (QED) is 0.500. The molecule has 0 saturated heterocycles. The summed E-state index contributed by atoms with van der Waals surface area (Å²) in [5, 5.41) is 0. The lowest BCUT2D eigenvalue weighted by atomic mass is 9.76. The third-order valence-electron chi connectivity index (χ3n) is 3.11. The van der Waals surface area contributed by atoms with Crippen LogP contribution in [-0.2, 0) is 4.84 Å². The SMILES string of the molecule is CC1CCC(CONN)CC1C. The highest BCUT2D eigenvalue weighted by Gasteiger charge is 2.24. The third-order valence-corrected chi connectivity index (χ3v) is 3.11. The Balaban J connectivity index is 2.21. The number of hydrogen-bond donors (Lipinski definition) is 2. The first kappa shape index (κ1) is 9.96. The van der Waals surface area contributed by atoms with Gasteiger partial charge in [0.2, 0.25) is 0 Å². The van der Waals surface area contributed by atoms with Gasteiger partial charge in [-0.3, -0.25) is 4.84 Å². The second kappa shape index (κ2) is 4.80. The molecule has 3 heteroatoms. The number of nitrogens with two attached hydrogens (primary N) is 1. The van der Waals surface area contributed by atoms with Crippen LogP contribution in [0.4, 0.5) is 0 Å². The van der Waals surface area contributed by atoms with E-state index in [9.17, 15) is 0 Å². The van der Waals surface area contributed by atoms with Crippen molar-refractivity contribution in [1.29, 1.82) is 0 Å². The molecule has 0 aromatic rings. The van der Waals surface area contributed by atoms with Gasteiger partial charge < -0.3 is 0 Å². The van der Waals surface area contributed by atoms with Crippen LogP contribution in [0.15, 0.2) is 0 Å². The molecule has 0 radical (unpaired) electrons. The zero-order valence-corrected chi connectivity index (χ0v) is 8.05. The van der Waals surface area contributed by atoms with Gasteiger partial charge in [-0.2, -0.15) is 0 Å². The summed E-state index contributed by atoms with van der Waals surface area (Å²) in [6, 6.07) is 0. The molecule has 3 N–H and O–H groups in total. The molecule has 0 bridgehead atoms. The van der Waals surface area contributed by atoms with E-state index in [1.165, 1.54) is 19.3 Å². The highest BCUT2D eigenvalue weighted by molar-refractivity contribution is 4.74. The van der Waals surface area contributed by atoms with Crippen molar-refractivity contribution in [2.24, 2.45) is 23.6 Å². The first-order chi connectivity index (χ1) is 5.74. The minimum atomic E-state index is 0.701. The van der Waals surface area contributed by atoms with Crippen LogP contribution in [0.3, 0.4) is 0 Å². The van der Waals surface area contributed by atoms with Gasteiger partial charge in [-0.25, -0.2) is 5.84 Å². The van der Waals surface area contributed by atoms with Gasteiger partial charge in [0.1, 0.15) is 0 Å². The van der Waals surface area contributed by atoms with Gasteiger partial charge in [0.25, 0.3) is 0 Å². The van der Waals surface area contributed by atoms with E-state index in [4.69, 9.17) is 10.7 Å². The normalized spacial score (nSPS) is 36.8. The van der Waals surface area contributed by atoms with E-state index < -0.39 is 0 Å². The Morgan fingerprint density at radius 3 is 2.67 bits per heavy atom. The lowest BCUT2D eigenvalue weighted by molar-refractivity contribution is -0.000629. The predicted octanol–water partition coefficient (Wildman–Crippen LogP) is 1.45. The number of rotatable bonds is 3. The van der Waals surface area contributed by atoms with Crippen molar-refractivity contribution in [3.8, 4) is 0 Å². The Morgan fingerprint density at radius 1 is 1.33 bits per heavy atom. The van der Waals surface area contributed by atoms with Crippen molar-refractivity contribution in [3.05, 3.63) is 0 Å². The standard InChI is InChI=1S/C9H20N2O/c1-7-3-4-9(5-8(7)2)6-12-11-10/h7-9,11H,3-6,10H2,1-2H3. The van der Waals surface area contributed by atoms with Crippen molar-refractivity contribution < 1.29 is 4.84 Å². The van der Waals surface area contributed by atoms with Crippen LogP contribution < -0.4 is 11.4 Å². The molecule has 0 aliphatic heterocycles. The Kier molecular flexibility index (Phi) is 3.98. The van der Waals surface area contributed by atoms with E-state index in [0.29, 0.717) is 5.92 Å².